The van der Waals surface area contributed by atoms with Gasteiger partial charge < -0.3 is 14.2 Å². The van der Waals surface area contributed by atoms with E-state index in [1.54, 1.807) is 0 Å². The van der Waals surface area contributed by atoms with E-state index in [1.807, 2.05) is 0 Å². The number of hydrogen-bond donors (Lipinski definition) is 0. The van der Waals surface area contributed by atoms with Gasteiger partial charge in [0.2, 0.25) is 0 Å². The van der Waals surface area contributed by atoms with E-state index >= 15 is 0 Å². The molecule has 1 atom stereocenters. The smallest absolute Gasteiger partial charge is 0.306 e. The number of esters is 3. The number of hydrogen-bond acceptors (Lipinski definition) is 6. The molecule has 1 unspecified atom stereocenters. The summed E-state index contributed by atoms with van der Waals surface area (Å²) in [4.78, 5) is 38.3. The Balaban J connectivity index is 4.15. The Labute approximate surface area is 496 Å². The summed E-state index contributed by atoms with van der Waals surface area (Å²) in [7, 11) is 0. The Morgan fingerprint density at radius 1 is 0.263 bits per heavy atom. The third-order valence-corrected chi connectivity index (χ3v) is 15.1. The maximum Gasteiger partial charge on any atom is 0.306 e. The van der Waals surface area contributed by atoms with Gasteiger partial charge in [-0.05, 0) is 116 Å². The topological polar surface area (TPSA) is 78.9 Å². The Morgan fingerprint density at radius 3 is 0.775 bits per heavy atom. The van der Waals surface area contributed by atoms with E-state index in [0.29, 0.717) is 19.3 Å². The molecule has 0 saturated heterocycles. The zero-order chi connectivity index (χ0) is 57.8. The maximum atomic E-state index is 12.9. The fourth-order valence-corrected chi connectivity index (χ4v) is 9.93. The van der Waals surface area contributed by atoms with Crippen molar-refractivity contribution in [2.24, 2.45) is 0 Å². The number of ether oxygens (including phenoxy) is 3. The maximum absolute atomic E-state index is 12.9. The Kier molecular flexibility index (Phi) is 65.2. The highest BCUT2D eigenvalue weighted by Crippen LogP contribution is 2.17. The second-order valence-electron chi connectivity index (χ2n) is 23.1. The van der Waals surface area contributed by atoms with Gasteiger partial charge >= 0.3 is 17.9 Å². The summed E-state index contributed by atoms with van der Waals surface area (Å²) in [6.07, 6.45) is 90.5. The summed E-state index contributed by atoms with van der Waals surface area (Å²) >= 11 is 0. The first kappa shape index (κ1) is 76.6. The van der Waals surface area contributed by atoms with Crippen LogP contribution in [0.25, 0.3) is 0 Å². The van der Waals surface area contributed by atoms with Crippen LogP contribution in [-0.4, -0.2) is 37.2 Å². The van der Waals surface area contributed by atoms with E-state index in [1.165, 1.54) is 193 Å². The lowest BCUT2D eigenvalue weighted by Gasteiger charge is -2.18. The molecule has 6 nitrogen and oxygen atoms in total. The predicted molar refractivity (Wildman–Crippen MR) is 348 cm³/mol. The second-order valence-corrected chi connectivity index (χ2v) is 23.1. The molecule has 6 heteroatoms. The van der Waals surface area contributed by atoms with Gasteiger partial charge in [0.1, 0.15) is 13.2 Å². The lowest BCUT2D eigenvalue weighted by atomic mass is 10.0. The van der Waals surface area contributed by atoms with E-state index in [2.05, 4.69) is 106 Å². The van der Waals surface area contributed by atoms with Crippen molar-refractivity contribution in [3.05, 3.63) is 85.1 Å². The van der Waals surface area contributed by atoms with E-state index in [0.717, 1.165) is 116 Å². The van der Waals surface area contributed by atoms with Crippen molar-refractivity contribution in [2.45, 2.75) is 354 Å². The van der Waals surface area contributed by atoms with Crippen molar-refractivity contribution in [3.8, 4) is 0 Å². The zero-order valence-electron chi connectivity index (χ0n) is 53.1. The van der Waals surface area contributed by atoms with Crippen molar-refractivity contribution in [2.75, 3.05) is 13.2 Å². The van der Waals surface area contributed by atoms with Gasteiger partial charge in [0.25, 0.3) is 0 Å². The molecule has 0 N–H and O–H groups in total. The molecule has 0 radical (unpaired) electrons. The molecule has 80 heavy (non-hydrogen) atoms. The van der Waals surface area contributed by atoms with Gasteiger partial charge in [0.15, 0.2) is 6.10 Å². The molecule has 0 heterocycles. The van der Waals surface area contributed by atoms with Crippen LogP contribution < -0.4 is 0 Å². The van der Waals surface area contributed by atoms with E-state index in [4.69, 9.17) is 14.2 Å². The molecule has 0 aliphatic heterocycles. The number of allylic oxidation sites excluding steroid dienone is 14. The van der Waals surface area contributed by atoms with Gasteiger partial charge in [0.05, 0.1) is 0 Å². The van der Waals surface area contributed by atoms with Gasteiger partial charge in [-0.3, -0.25) is 14.4 Å². The standard InChI is InChI=1S/C74H130O6/c1-4-7-10-13-16-19-22-25-27-29-30-31-32-33-34-35-36-37-38-39-40-41-42-43-44-45-47-49-52-55-58-61-64-67-73(76)79-70-71(69-78-72(75)66-63-60-57-54-51-48-24-21-18-15-12-9-6-3)80-74(77)68-65-62-59-56-53-50-46-28-26-23-20-17-14-11-8-5-2/h7,10,16,19-21,23-25,27-28,30-31,46,71H,4-6,8-9,11-15,17-18,22,26,29,32-45,47-70H2,1-3H3/b10-7-,19-16-,23-20-,24-21-,27-25-,31-30-,46-28-. The first-order valence-electron chi connectivity index (χ1n) is 34.6. The van der Waals surface area contributed by atoms with Crippen LogP contribution in [0.2, 0.25) is 0 Å². The number of carbonyl (C=O) groups is 3. The van der Waals surface area contributed by atoms with Crippen LogP contribution in [0.5, 0.6) is 0 Å². The average Bonchev–Trinajstić information content (AvgIpc) is 3.46. The minimum atomic E-state index is -0.786. The first-order chi connectivity index (χ1) is 39.5. The number of carbonyl (C=O) groups excluding carboxylic acids is 3. The first-order valence-corrected chi connectivity index (χ1v) is 34.6. The Morgan fingerprint density at radius 2 is 0.487 bits per heavy atom. The molecule has 0 amide bonds. The van der Waals surface area contributed by atoms with Gasteiger partial charge in [-0.2, -0.15) is 0 Å². The Hall–Kier alpha value is -3.41. The molecule has 0 fully saturated rings. The quantitative estimate of drug-likeness (QED) is 0.0261. The molecule has 462 valence electrons. The van der Waals surface area contributed by atoms with Crippen LogP contribution in [0.3, 0.4) is 0 Å². The molecule has 0 aromatic rings. The van der Waals surface area contributed by atoms with Gasteiger partial charge in [-0.1, -0.05) is 298 Å². The lowest BCUT2D eigenvalue weighted by molar-refractivity contribution is -0.167. The number of rotatable bonds is 63. The lowest BCUT2D eigenvalue weighted by Crippen LogP contribution is -2.30. The summed E-state index contributed by atoms with van der Waals surface area (Å²) in [5.41, 5.74) is 0. The summed E-state index contributed by atoms with van der Waals surface area (Å²) < 4.78 is 16.9. The summed E-state index contributed by atoms with van der Waals surface area (Å²) in [5.74, 6) is -0.887. The van der Waals surface area contributed by atoms with Crippen molar-refractivity contribution < 1.29 is 28.6 Å². The van der Waals surface area contributed by atoms with Crippen LogP contribution in [0, 0.1) is 0 Å². The van der Waals surface area contributed by atoms with E-state index in [-0.39, 0.29) is 31.1 Å². The largest absolute Gasteiger partial charge is 0.462 e. The highest BCUT2D eigenvalue weighted by atomic mass is 16.6. The van der Waals surface area contributed by atoms with Gasteiger partial charge in [-0.15, -0.1) is 0 Å². The summed E-state index contributed by atoms with van der Waals surface area (Å²) in [5, 5.41) is 0. The Bertz CT molecular complexity index is 1520. The van der Waals surface area contributed by atoms with Gasteiger partial charge in [0, 0.05) is 19.3 Å². The van der Waals surface area contributed by atoms with Crippen LogP contribution in [0.1, 0.15) is 348 Å². The van der Waals surface area contributed by atoms with Crippen LogP contribution in [0.15, 0.2) is 85.1 Å². The molecule has 0 aliphatic rings. The van der Waals surface area contributed by atoms with Gasteiger partial charge in [-0.25, -0.2) is 0 Å². The fraction of sp³-hybridized carbons (Fsp3) is 0.770. The van der Waals surface area contributed by atoms with Crippen molar-refractivity contribution in [1.29, 1.82) is 0 Å². The SMILES string of the molecule is CC/C=C\C/C=C\C/C=C\C/C=C\CCCCCCCCCCCCCCCCCCCCCCC(=O)OCC(COC(=O)CCCCCCC/C=C\CCCCCC)OC(=O)CCCCCCC/C=C\C/C=C\CCCCCC. The van der Waals surface area contributed by atoms with Crippen molar-refractivity contribution >= 4 is 17.9 Å². The molecule has 0 aromatic carbocycles. The molecule has 0 rings (SSSR count). The minimum Gasteiger partial charge on any atom is -0.462 e. The predicted octanol–water partition coefficient (Wildman–Crippen LogP) is 23.8. The monoisotopic (exact) mass is 1110 g/mol. The average molecular weight is 1120 g/mol. The second kappa shape index (κ2) is 68.1. The molecule has 0 aliphatic carbocycles. The van der Waals surface area contributed by atoms with Crippen LogP contribution >= 0.6 is 0 Å². The van der Waals surface area contributed by atoms with Crippen molar-refractivity contribution in [3.63, 3.8) is 0 Å². The van der Waals surface area contributed by atoms with Crippen molar-refractivity contribution in [1.82, 2.24) is 0 Å². The summed E-state index contributed by atoms with van der Waals surface area (Å²) in [6, 6.07) is 0. The molecular formula is C74H130O6. The fourth-order valence-electron chi connectivity index (χ4n) is 9.93. The highest BCUT2D eigenvalue weighted by molar-refractivity contribution is 5.71. The van der Waals surface area contributed by atoms with Crippen LogP contribution in [0.4, 0.5) is 0 Å². The third kappa shape index (κ3) is 65.4. The zero-order valence-corrected chi connectivity index (χ0v) is 53.1. The van der Waals surface area contributed by atoms with E-state index in [9.17, 15) is 14.4 Å². The number of unbranched alkanes of at least 4 members (excludes halogenated alkanes) is 38. The molecule has 0 spiro atoms. The minimum absolute atomic E-state index is 0.0807. The third-order valence-electron chi connectivity index (χ3n) is 15.1. The summed E-state index contributed by atoms with van der Waals surface area (Å²) in [6.45, 7) is 6.51. The van der Waals surface area contributed by atoms with E-state index < -0.39 is 6.10 Å². The molecule has 0 saturated carbocycles. The molecule has 0 aromatic heterocycles. The molecule has 0 bridgehead atoms. The normalized spacial score (nSPS) is 12.6. The molecular weight excluding hydrogens is 985 g/mol. The van der Waals surface area contributed by atoms with Crippen LogP contribution in [-0.2, 0) is 28.6 Å². The highest BCUT2D eigenvalue weighted by Gasteiger charge is 2.19.